The predicted molar refractivity (Wildman–Crippen MR) is 80.1 cm³/mol. The highest BCUT2D eigenvalue weighted by Crippen LogP contribution is 2.37. The van der Waals surface area contributed by atoms with E-state index in [1.165, 1.54) is 4.31 Å². The van der Waals surface area contributed by atoms with Crippen LogP contribution in [0.1, 0.15) is 58.3 Å². The largest absolute Gasteiger partial charge is 0.481 e. The van der Waals surface area contributed by atoms with Crippen LogP contribution in [0.2, 0.25) is 0 Å². The van der Waals surface area contributed by atoms with Crippen molar-refractivity contribution in [2.45, 2.75) is 64.3 Å². The van der Waals surface area contributed by atoms with Crippen molar-refractivity contribution in [2.75, 3.05) is 13.1 Å². The van der Waals surface area contributed by atoms with Crippen LogP contribution >= 0.6 is 0 Å². The van der Waals surface area contributed by atoms with Crippen molar-refractivity contribution in [1.82, 2.24) is 9.03 Å². The van der Waals surface area contributed by atoms with Crippen LogP contribution in [0.25, 0.3) is 0 Å². The standard InChI is InChI=1S/C14H26N2O4S/c1-14(13(17)18)9-5-4-8-12(14)15-21(19,20)16-10-6-2-3-7-11-16/h12,15H,2-11H2,1H3,(H,17,18). The Morgan fingerprint density at radius 1 is 1.14 bits per heavy atom. The Kier molecular flexibility index (Phi) is 5.27. The number of carbonyl (C=O) groups is 1. The topological polar surface area (TPSA) is 86.7 Å². The fourth-order valence-corrected chi connectivity index (χ4v) is 4.94. The molecule has 1 saturated heterocycles. The van der Waals surface area contributed by atoms with Crippen molar-refractivity contribution < 1.29 is 18.3 Å². The molecule has 21 heavy (non-hydrogen) atoms. The molecule has 7 heteroatoms. The van der Waals surface area contributed by atoms with E-state index < -0.39 is 27.6 Å². The van der Waals surface area contributed by atoms with Crippen LogP contribution in [0, 0.1) is 5.41 Å². The van der Waals surface area contributed by atoms with Gasteiger partial charge in [-0.05, 0) is 32.6 Å². The summed E-state index contributed by atoms with van der Waals surface area (Å²) >= 11 is 0. The molecule has 2 rings (SSSR count). The number of aliphatic carboxylic acids is 1. The lowest BCUT2D eigenvalue weighted by Gasteiger charge is -2.39. The quantitative estimate of drug-likeness (QED) is 0.826. The van der Waals surface area contributed by atoms with Crippen LogP contribution < -0.4 is 4.72 Å². The first-order valence-corrected chi connectivity index (χ1v) is 9.31. The predicted octanol–water partition coefficient (Wildman–Crippen LogP) is 1.73. The van der Waals surface area contributed by atoms with Gasteiger partial charge in [0.05, 0.1) is 5.41 Å². The van der Waals surface area contributed by atoms with Crippen molar-refractivity contribution in [3.05, 3.63) is 0 Å². The fraction of sp³-hybridized carbons (Fsp3) is 0.929. The van der Waals surface area contributed by atoms with E-state index in [1.54, 1.807) is 6.92 Å². The number of hydrogen-bond donors (Lipinski definition) is 2. The Bertz CT molecular complexity index is 471. The number of hydrogen-bond acceptors (Lipinski definition) is 3. The maximum absolute atomic E-state index is 12.5. The van der Waals surface area contributed by atoms with Crippen molar-refractivity contribution in [1.29, 1.82) is 0 Å². The van der Waals surface area contributed by atoms with Crippen LogP contribution in [-0.4, -0.2) is 42.9 Å². The summed E-state index contributed by atoms with van der Waals surface area (Å²) in [5.41, 5.74) is -1.00. The van der Waals surface area contributed by atoms with Gasteiger partial charge in [0.15, 0.2) is 0 Å². The number of nitrogens with one attached hydrogen (secondary N) is 1. The molecule has 2 aliphatic rings. The zero-order valence-corrected chi connectivity index (χ0v) is 13.5. The number of carboxylic acid groups (broad SMARTS) is 1. The van der Waals surface area contributed by atoms with Gasteiger partial charge in [0.1, 0.15) is 0 Å². The average Bonchev–Trinajstić information content (AvgIpc) is 2.70. The molecule has 2 unspecified atom stereocenters. The highest BCUT2D eigenvalue weighted by atomic mass is 32.2. The van der Waals surface area contributed by atoms with Crippen LogP contribution in [0.15, 0.2) is 0 Å². The van der Waals surface area contributed by atoms with Gasteiger partial charge < -0.3 is 5.11 Å². The van der Waals surface area contributed by atoms with Gasteiger partial charge in [0, 0.05) is 19.1 Å². The van der Waals surface area contributed by atoms with E-state index in [9.17, 15) is 18.3 Å². The SMILES string of the molecule is CC1(C(=O)O)CCCCC1NS(=O)(=O)N1CCCCCC1. The summed E-state index contributed by atoms with van der Waals surface area (Å²) < 4.78 is 29.2. The summed E-state index contributed by atoms with van der Waals surface area (Å²) in [6.07, 6.45) is 6.69. The van der Waals surface area contributed by atoms with Crippen molar-refractivity contribution in [3.8, 4) is 0 Å². The van der Waals surface area contributed by atoms with Gasteiger partial charge in [-0.3, -0.25) is 4.79 Å². The molecule has 1 aliphatic heterocycles. The van der Waals surface area contributed by atoms with E-state index in [0.717, 1.165) is 38.5 Å². The second-order valence-electron chi connectivity index (χ2n) is 6.46. The highest BCUT2D eigenvalue weighted by Gasteiger charge is 2.45. The monoisotopic (exact) mass is 318 g/mol. The molecule has 0 bridgehead atoms. The Morgan fingerprint density at radius 2 is 1.76 bits per heavy atom. The van der Waals surface area contributed by atoms with E-state index >= 15 is 0 Å². The molecule has 0 aromatic rings. The minimum atomic E-state index is -3.59. The fourth-order valence-electron chi connectivity index (χ4n) is 3.31. The normalized spacial score (nSPS) is 32.5. The maximum Gasteiger partial charge on any atom is 0.310 e. The van der Waals surface area contributed by atoms with Crippen LogP contribution in [-0.2, 0) is 15.0 Å². The van der Waals surface area contributed by atoms with Crippen LogP contribution in [0.4, 0.5) is 0 Å². The zero-order chi connectivity index (χ0) is 15.5. The highest BCUT2D eigenvalue weighted by molar-refractivity contribution is 7.87. The Labute approximate surface area is 127 Å². The third kappa shape index (κ3) is 3.76. The summed E-state index contributed by atoms with van der Waals surface area (Å²) in [5, 5.41) is 9.47. The lowest BCUT2D eigenvalue weighted by Crippen LogP contribution is -2.55. The summed E-state index contributed by atoms with van der Waals surface area (Å²) in [4.78, 5) is 11.6. The third-order valence-electron chi connectivity index (χ3n) is 4.89. The number of nitrogens with zero attached hydrogens (tertiary/aromatic N) is 1. The molecule has 1 heterocycles. The zero-order valence-electron chi connectivity index (χ0n) is 12.7. The summed E-state index contributed by atoms with van der Waals surface area (Å²) in [5.74, 6) is -0.911. The third-order valence-corrected chi connectivity index (χ3v) is 6.52. The molecule has 2 N–H and O–H groups in total. The van der Waals surface area contributed by atoms with E-state index in [2.05, 4.69) is 4.72 Å². The second kappa shape index (κ2) is 6.62. The van der Waals surface area contributed by atoms with Crippen LogP contribution in [0.3, 0.4) is 0 Å². The van der Waals surface area contributed by atoms with E-state index in [0.29, 0.717) is 25.9 Å². The molecule has 1 aliphatic carbocycles. The summed E-state index contributed by atoms with van der Waals surface area (Å²) in [6, 6.07) is -0.517. The Balaban J connectivity index is 2.12. The molecule has 0 aromatic carbocycles. The van der Waals surface area contributed by atoms with E-state index in [4.69, 9.17) is 0 Å². The van der Waals surface area contributed by atoms with Gasteiger partial charge in [-0.25, -0.2) is 0 Å². The van der Waals surface area contributed by atoms with Gasteiger partial charge >= 0.3 is 5.97 Å². The smallest absolute Gasteiger partial charge is 0.310 e. The molecule has 2 fully saturated rings. The first-order chi connectivity index (χ1) is 9.86. The van der Waals surface area contributed by atoms with Crippen molar-refractivity contribution in [3.63, 3.8) is 0 Å². The van der Waals surface area contributed by atoms with E-state index in [-0.39, 0.29) is 0 Å². The van der Waals surface area contributed by atoms with Crippen molar-refractivity contribution in [2.24, 2.45) is 5.41 Å². The first kappa shape index (κ1) is 16.7. The Hall–Kier alpha value is -0.660. The molecule has 0 spiro atoms. The second-order valence-corrected chi connectivity index (χ2v) is 8.16. The van der Waals surface area contributed by atoms with Gasteiger partial charge in [0.25, 0.3) is 10.2 Å². The minimum absolute atomic E-state index is 0.517. The van der Waals surface area contributed by atoms with Gasteiger partial charge in [-0.2, -0.15) is 17.4 Å². The van der Waals surface area contributed by atoms with Gasteiger partial charge in [0.2, 0.25) is 0 Å². The van der Waals surface area contributed by atoms with Crippen molar-refractivity contribution >= 4 is 16.2 Å². The molecule has 2 atom stereocenters. The Morgan fingerprint density at radius 3 is 2.33 bits per heavy atom. The summed E-state index contributed by atoms with van der Waals surface area (Å²) in [6.45, 7) is 2.72. The average molecular weight is 318 g/mol. The first-order valence-electron chi connectivity index (χ1n) is 7.87. The van der Waals surface area contributed by atoms with Gasteiger partial charge in [-0.15, -0.1) is 0 Å². The molecule has 1 saturated carbocycles. The maximum atomic E-state index is 12.5. The minimum Gasteiger partial charge on any atom is -0.481 e. The molecule has 0 aromatic heterocycles. The molecular formula is C14H26N2O4S. The lowest BCUT2D eigenvalue weighted by molar-refractivity contribution is -0.151. The lowest BCUT2D eigenvalue weighted by atomic mass is 9.72. The molecule has 122 valence electrons. The summed E-state index contributed by atoms with van der Waals surface area (Å²) in [7, 11) is -3.59. The molecule has 0 radical (unpaired) electrons. The van der Waals surface area contributed by atoms with Crippen LogP contribution in [0.5, 0.6) is 0 Å². The van der Waals surface area contributed by atoms with E-state index in [1.807, 2.05) is 0 Å². The molecular weight excluding hydrogens is 292 g/mol. The number of rotatable bonds is 4. The molecule has 6 nitrogen and oxygen atoms in total. The molecule has 0 amide bonds. The number of carboxylic acids is 1. The van der Waals surface area contributed by atoms with Gasteiger partial charge in [-0.1, -0.05) is 25.7 Å².